The molecular weight excluding hydrogens is 386 g/mol. The third-order valence-electron chi connectivity index (χ3n) is 4.18. The topological polar surface area (TPSA) is 73.3 Å². The first-order valence-electron chi connectivity index (χ1n) is 9.45. The number of benzene rings is 2. The average Bonchev–Trinajstić information content (AvgIpc) is 3.14. The number of carbonyl (C=O) groups is 1. The molecule has 2 aromatic carbocycles. The molecule has 0 unspecified atom stereocenters. The molecule has 1 N–H and O–H groups in total. The number of anilines is 1. The highest BCUT2D eigenvalue weighted by Crippen LogP contribution is 2.25. The summed E-state index contributed by atoms with van der Waals surface area (Å²) in [5.74, 6) is 1.17. The number of amides is 1. The number of ether oxygens (including phenoxy) is 2. The summed E-state index contributed by atoms with van der Waals surface area (Å²) in [6.07, 6.45) is 0. The highest BCUT2D eigenvalue weighted by molar-refractivity contribution is 7.15. The first-order chi connectivity index (χ1) is 13.8. The molecule has 0 saturated carbocycles. The Hall–Kier alpha value is -2.93. The van der Waals surface area contributed by atoms with Crippen LogP contribution in [0.3, 0.4) is 0 Å². The van der Waals surface area contributed by atoms with Gasteiger partial charge < -0.3 is 9.47 Å². The molecule has 29 heavy (non-hydrogen) atoms. The lowest BCUT2D eigenvalue weighted by Crippen LogP contribution is -2.11. The summed E-state index contributed by atoms with van der Waals surface area (Å²) in [5, 5.41) is 12.0. The Kier molecular flexibility index (Phi) is 6.49. The molecule has 0 aliphatic rings. The fraction of sp³-hybridized carbons (Fsp3) is 0.318. The Labute approximate surface area is 174 Å². The van der Waals surface area contributed by atoms with E-state index in [9.17, 15) is 4.79 Å². The summed E-state index contributed by atoms with van der Waals surface area (Å²) >= 11 is 1.29. The second kappa shape index (κ2) is 9.05. The van der Waals surface area contributed by atoms with Crippen LogP contribution in [0, 0.1) is 0 Å². The van der Waals surface area contributed by atoms with E-state index in [1.807, 2.05) is 25.1 Å². The van der Waals surface area contributed by atoms with E-state index in [1.165, 1.54) is 16.9 Å². The van der Waals surface area contributed by atoms with E-state index in [0.29, 0.717) is 34.7 Å². The van der Waals surface area contributed by atoms with Gasteiger partial charge in [0.05, 0.1) is 6.61 Å². The zero-order valence-corrected chi connectivity index (χ0v) is 17.9. The molecule has 0 aliphatic carbocycles. The van der Waals surface area contributed by atoms with Crippen molar-refractivity contribution in [2.75, 3.05) is 11.9 Å². The molecule has 0 bridgehead atoms. The maximum atomic E-state index is 12.4. The monoisotopic (exact) mass is 411 g/mol. The molecule has 1 heterocycles. The van der Waals surface area contributed by atoms with Gasteiger partial charge in [0, 0.05) is 5.56 Å². The molecule has 0 aliphatic heterocycles. The van der Waals surface area contributed by atoms with Crippen LogP contribution in [0.15, 0.2) is 48.5 Å². The van der Waals surface area contributed by atoms with Gasteiger partial charge in [-0.05, 0) is 48.2 Å². The first-order valence-corrected chi connectivity index (χ1v) is 10.3. The molecule has 0 atom stereocenters. The van der Waals surface area contributed by atoms with E-state index in [2.05, 4.69) is 48.4 Å². The van der Waals surface area contributed by atoms with Crippen molar-refractivity contribution < 1.29 is 14.3 Å². The van der Waals surface area contributed by atoms with Gasteiger partial charge >= 0.3 is 0 Å². The third-order valence-corrected chi connectivity index (χ3v) is 4.99. The number of rotatable bonds is 7. The van der Waals surface area contributed by atoms with Crippen molar-refractivity contribution in [3.63, 3.8) is 0 Å². The second-order valence-electron chi connectivity index (χ2n) is 7.48. The summed E-state index contributed by atoms with van der Waals surface area (Å²) < 4.78 is 11.2. The normalized spacial score (nSPS) is 11.2. The summed E-state index contributed by atoms with van der Waals surface area (Å²) in [4.78, 5) is 12.4. The Balaban J connectivity index is 1.56. The molecule has 1 amide bonds. The van der Waals surface area contributed by atoms with Crippen LogP contribution in [0.4, 0.5) is 5.13 Å². The minimum atomic E-state index is -0.257. The Morgan fingerprint density at radius 3 is 2.48 bits per heavy atom. The lowest BCUT2D eigenvalue weighted by molar-refractivity contribution is 0.102. The molecule has 0 radical (unpaired) electrons. The number of nitrogens with one attached hydrogen (secondary N) is 1. The minimum absolute atomic E-state index is 0.104. The Morgan fingerprint density at radius 2 is 1.79 bits per heavy atom. The second-order valence-corrected chi connectivity index (χ2v) is 8.54. The van der Waals surface area contributed by atoms with Gasteiger partial charge in [0.25, 0.3) is 5.91 Å². The van der Waals surface area contributed by atoms with E-state index >= 15 is 0 Å². The number of aromatic nitrogens is 2. The fourth-order valence-electron chi connectivity index (χ4n) is 2.62. The summed E-state index contributed by atoms with van der Waals surface area (Å²) in [7, 11) is 0. The first kappa shape index (κ1) is 20.8. The molecule has 7 heteroatoms. The standard InChI is InChI=1S/C22H25N3O3S/c1-5-27-18-8-6-7-15(13-18)20(26)23-21-25-24-19(29-21)14-28-17-11-9-16(10-12-17)22(2,3)4/h6-13H,5,14H2,1-4H3,(H,23,25,26). The van der Waals surface area contributed by atoms with E-state index in [-0.39, 0.29) is 11.3 Å². The van der Waals surface area contributed by atoms with Crippen molar-refractivity contribution in [1.29, 1.82) is 0 Å². The van der Waals surface area contributed by atoms with Crippen LogP contribution in [0.5, 0.6) is 11.5 Å². The Bertz CT molecular complexity index is 962. The number of carbonyl (C=O) groups excluding carboxylic acids is 1. The quantitative estimate of drug-likeness (QED) is 0.588. The van der Waals surface area contributed by atoms with Gasteiger partial charge in [-0.1, -0.05) is 50.3 Å². The van der Waals surface area contributed by atoms with Crippen LogP contribution in [-0.4, -0.2) is 22.7 Å². The molecule has 6 nitrogen and oxygen atoms in total. The van der Waals surface area contributed by atoms with Crippen LogP contribution in [0.25, 0.3) is 0 Å². The molecule has 0 saturated heterocycles. The molecule has 0 spiro atoms. The highest BCUT2D eigenvalue weighted by Gasteiger charge is 2.14. The molecule has 1 aromatic heterocycles. The number of hydrogen-bond acceptors (Lipinski definition) is 6. The molecule has 0 fully saturated rings. The summed E-state index contributed by atoms with van der Waals surface area (Å²) in [6, 6.07) is 15.1. The highest BCUT2D eigenvalue weighted by atomic mass is 32.1. The van der Waals surface area contributed by atoms with Gasteiger partial charge in [-0.2, -0.15) is 0 Å². The lowest BCUT2D eigenvalue weighted by Gasteiger charge is -2.19. The zero-order valence-electron chi connectivity index (χ0n) is 17.1. The smallest absolute Gasteiger partial charge is 0.257 e. The Morgan fingerprint density at radius 1 is 1.03 bits per heavy atom. The van der Waals surface area contributed by atoms with Crippen molar-refractivity contribution in [3.8, 4) is 11.5 Å². The maximum absolute atomic E-state index is 12.4. The van der Waals surface area contributed by atoms with Gasteiger partial charge in [0.1, 0.15) is 18.1 Å². The minimum Gasteiger partial charge on any atom is -0.494 e. The van der Waals surface area contributed by atoms with Crippen molar-refractivity contribution in [3.05, 3.63) is 64.7 Å². The summed E-state index contributed by atoms with van der Waals surface area (Å²) in [6.45, 7) is 9.26. The molecule has 152 valence electrons. The number of nitrogens with zero attached hydrogens (tertiary/aromatic N) is 2. The maximum Gasteiger partial charge on any atom is 0.257 e. The third kappa shape index (κ3) is 5.77. The van der Waals surface area contributed by atoms with Crippen LogP contribution in [0.1, 0.15) is 48.6 Å². The SMILES string of the molecule is CCOc1cccc(C(=O)Nc2nnc(COc3ccc(C(C)(C)C)cc3)s2)c1. The van der Waals surface area contributed by atoms with Crippen LogP contribution in [0.2, 0.25) is 0 Å². The van der Waals surface area contributed by atoms with Gasteiger partial charge in [-0.3, -0.25) is 10.1 Å². The van der Waals surface area contributed by atoms with E-state index in [0.717, 1.165) is 5.75 Å². The largest absolute Gasteiger partial charge is 0.494 e. The molecule has 3 aromatic rings. The van der Waals surface area contributed by atoms with Gasteiger partial charge in [-0.15, -0.1) is 10.2 Å². The van der Waals surface area contributed by atoms with Crippen LogP contribution >= 0.6 is 11.3 Å². The fourth-order valence-corrected chi connectivity index (χ4v) is 3.27. The predicted molar refractivity (Wildman–Crippen MR) is 115 cm³/mol. The van der Waals surface area contributed by atoms with E-state index in [4.69, 9.17) is 9.47 Å². The number of hydrogen-bond donors (Lipinski definition) is 1. The van der Waals surface area contributed by atoms with Crippen LogP contribution < -0.4 is 14.8 Å². The van der Waals surface area contributed by atoms with Gasteiger partial charge in [-0.25, -0.2) is 0 Å². The van der Waals surface area contributed by atoms with E-state index < -0.39 is 0 Å². The predicted octanol–water partition coefficient (Wildman–Crippen LogP) is 5.07. The summed E-state index contributed by atoms with van der Waals surface area (Å²) in [5.41, 5.74) is 1.86. The van der Waals surface area contributed by atoms with Crippen molar-refractivity contribution in [2.45, 2.75) is 39.7 Å². The van der Waals surface area contributed by atoms with E-state index in [1.54, 1.807) is 18.2 Å². The van der Waals surface area contributed by atoms with Gasteiger partial charge in [0.2, 0.25) is 5.13 Å². The average molecular weight is 412 g/mol. The van der Waals surface area contributed by atoms with Gasteiger partial charge in [0.15, 0.2) is 5.01 Å². The molecular formula is C22H25N3O3S. The van der Waals surface area contributed by atoms with Crippen molar-refractivity contribution in [2.24, 2.45) is 0 Å². The lowest BCUT2D eigenvalue weighted by atomic mass is 9.87. The molecule has 3 rings (SSSR count). The van der Waals surface area contributed by atoms with Crippen molar-refractivity contribution in [1.82, 2.24) is 10.2 Å². The van der Waals surface area contributed by atoms with Crippen LogP contribution in [-0.2, 0) is 12.0 Å². The zero-order chi connectivity index (χ0) is 20.9. The van der Waals surface area contributed by atoms with Crippen molar-refractivity contribution >= 4 is 22.4 Å².